The number of ether oxygens (including phenoxy) is 2. The van der Waals surface area contributed by atoms with Gasteiger partial charge in [-0.1, -0.05) is 25.7 Å². The largest absolute Gasteiger partial charge is 0.383 e. The van der Waals surface area contributed by atoms with Crippen LogP contribution in [-0.4, -0.2) is 68.6 Å². The lowest BCUT2D eigenvalue weighted by Gasteiger charge is -2.35. The monoisotopic (exact) mass is 427 g/mol. The molecule has 0 aromatic carbocycles. The number of piperidine rings is 1. The van der Waals surface area contributed by atoms with Crippen LogP contribution in [0.15, 0.2) is 11.4 Å². The molecule has 7 nitrogen and oxygen atoms in total. The Hall–Kier alpha value is -0.960. The van der Waals surface area contributed by atoms with Gasteiger partial charge in [-0.05, 0) is 38.1 Å². The summed E-state index contributed by atoms with van der Waals surface area (Å²) >= 11 is 0. The van der Waals surface area contributed by atoms with Crippen molar-refractivity contribution in [1.29, 1.82) is 0 Å². The van der Waals surface area contributed by atoms with Gasteiger partial charge >= 0.3 is 0 Å². The third-order valence-corrected chi connectivity index (χ3v) is 8.14. The minimum atomic E-state index is -3.41. The van der Waals surface area contributed by atoms with Gasteiger partial charge in [0.25, 0.3) is 0 Å². The van der Waals surface area contributed by atoms with E-state index in [2.05, 4.69) is 9.88 Å². The topological polar surface area (TPSA) is 73.7 Å². The van der Waals surface area contributed by atoms with Crippen LogP contribution < -0.4 is 0 Å². The average Bonchev–Trinajstić information content (AvgIpc) is 3.12. The Morgan fingerprint density at radius 1 is 1.07 bits per heavy atom. The normalized spacial score (nSPS) is 22.2. The molecule has 1 unspecified atom stereocenters. The Labute approximate surface area is 175 Å². The van der Waals surface area contributed by atoms with Crippen LogP contribution in [0.2, 0.25) is 0 Å². The fraction of sp³-hybridized carbons (Fsp3) is 0.857. The minimum Gasteiger partial charge on any atom is -0.383 e. The van der Waals surface area contributed by atoms with Crippen molar-refractivity contribution in [3.8, 4) is 0 Å². The molecule has 0 bridgehead atoms. The summed E-state index contributed by atoms with van der Waals surface area (Å²) in [4.78, 5) is 6.81. The van der Waals surface area contributed by atoms with E-state index < -0.39 is 9.84 Å². The van der Waals surface area contributed by atoms with Crippen LogP contribution in [0.4, 0.5) is 0 Å². The maximum atomic E-state index is 13.2. The number of sulfone groups is 1. The van der Waals surface area contributed by atoms with Crippen LogP contribution in [0.3, 0.4) is 0 Å². The molecule has 1 saturated carbocycles. The second-order valence-corrected chi connectivity index (χ2v) is 10.5. The summed E-state index contributed by atoms with van der Waals surface area (Å²) in [6, 6.07) is 0.377. The summed E-state index contributed by atoms with van der Waals surface area (Å²) in [5, 5.41) is 0.218. The smallest absolute Gasteiger partial charge is 0.227 e. The molecule has 0 radical (unpaired) electrons. The van der Waals surface area contributed by atoms with Gasteiger partial charge in [-0.3, -0.25) is 4.90 Å². The first kappa shape index (κ1) is 22.7. The molecule has 2 aliphatic rings. The maximum Gasteiger partial charge on any atom is 0.227 e. The van der Waals surface area contributed by atoms with Crippen molar-refractivity contribution in [3.05, 3.63) is 11.9 Å². The van der Waals surface area contributed by atoms with Crippen molar-refractivity contribution in [2.75, 3.05) is 39.7 Å². The molecule has 1 aromatic rings. The van der Waals surface area contributed by atoms with Gasteiger partial charge in [0.1, 0.15) is 0 Å². The van der Waals surface area contributed by atoms with E-state index in [4.69, 9.17) is 9.47 Å². The SMILES string of the molecule is COCCn1c(CN2CCCCC2COC)cnc1S(=O)(=O)CC1CCCCC1. The van der Waals surface area contributed by atoms with E-state index >= 15 is 0 Å². The molecule has 1 aromatic heterocycles. The quantitative estimate of drug-likeness (QED) is 0.572. The number of hydrogen-bond donors (Lipinski definition) is 0. The van der Waals surface area contributed by atoms with Crippen molar-refractivity contribution in [1.82, 2.24) is 14.5 Å². The molecule has 1 aliphatic carbocycles. The summed E-state index contributed by atoms with van der Waals surface area (Å²) in [6.45, 7) is 3.39. The van der Waals surface area contributed by atoms with Crippen LogP contribution in [0, 0.1) is 5.92 Å². The summed E-state index contributed by atoms with van der Waals surface area (Å²) in [5.74, 6) is 0.477. The summed E-state index contributed by atoms with van der Waals surface area (Å²) < 4.78 is 38.9. The van der Waals surface area contributed by atoms with E-state index in [0.29, 0.717) is 32.3 Å². The summed E-state index contributed by atoms with van der Waals surface area (Å²) in [6.07, 6.45) is 10.8. The van der Waals surface area contributed by atoms with Crippen molar-refractivity contribution >= 4 is 9.84 Å². The molecule has 0 amide bonds. The lowest BCUT2D eigenvalue weighted by atomic mass is 9.91. The number of imidazole rings is 1. The molecule has 1 saturated heterocycles. The maximum absolute atomic E-state index is 13.2. The average molecular weight is 428 g/mol. The fourth-order valence-corrected chi connectivity index (χ4v) is 6.64. The fourth-order valence-electron chi connectivity index (χ4n) is 4.78. The van der Waals surface area contributed by atoms with E-state index in [1.807, 2.05) is 4.57 Å². The zero-order valence-corrected chi connectivity index (χ0v) is 18.8. The molecule has 0 N–H and O–H groups in total. The van der Waals surface area contributed by atoms with Crippen LogP contribution in [-0.2, 0) is 32.4 Å². The number of methoxy groups -OCH3 is 2. The van der Waals surface area contributed by atoms with Crippen LogP contribution in [0.5, 0.6) is 0 Å². The summed E-state index contributed by atoms with van der Waals surface area (Å²) in [7, 11) is -0.0251. The van der Waals surface area contributed by atoms with E-state index in [1.165, 1.54) is 19.3 Å². The molecular formula is C21H37N3O4S. The zero-order chi connectivity index (χ0) is 20.7. The minimum absolute atomic E-state index is 0.215. The lowest BCUT2D eigenvalue weighted by molar-refractivity contribution is 0.0580. The second kappa shape index (κ2) is 10.9. The van der Waals surface area contributed by atoms with E-state index in [1.54, 1.807) is 20.4 Å². The number of aromatic nitrogens is 2. The van der Waals surface area contributed by atoms with Gasteiger partial charge in [-0.15, -0.1) is 0 Å². The standard InChI is InChI=1S/C21H37N3O4S/c1-27-13-12-24-20(15-23-11-7-6-10-19(23)16-28-2)14-22-21(24)29(25,26)17-18-8-4-3-5-9-18/h14,18-19H,3-13,15-17H2,1-2H3. The second-order valence-electron chi connectivity index (χ2n) is 8.54. The van der Waals surface area contributed by atoms with Gasteiger partial charge in [-0.2, -0.15) is 0 Å². The molecule has 3 rings (SSSR count). The predicted octanol–water partition coefficient (Wildman–Crippen LogP) is 2.88. The van der Waals surface area contributed by atoms with Crippen molar-refractivity contribution < 1.29 is 17.9 Å². The van der Waals surface area contributed by atoms with Gasteiger partial charge in [0.05, 0.1) is 30.9 Å². The molecule has 8 heteroatoms. The lowest BCUT2D eigenvalue weighted by Crippen LogP contribution is -2.42. The number of nitrogens with zero attached hydrogens (tertiary/aromatic N) is 3. The highest BCUT2D eigenvalue weighted by Crippen LogP contribution is 2.28. The molecule has 1 atom stereocenters. The molecule has 0 spiro atoms. The first-order valence-corrected chi connectivity index (χ1v) is 12.7. The molecule has 2 fully saturated rings. The Bertz CT molecular complexity index is 726. The summed E-state index contributed by atoms with van der Waals surface area (Å²) in [5.41, 5.74) is 0.951. The van der Waals surface area contributed by atoms with E-state index in [0.717, 1.165) is 44.3 Å². The number of rotatable bonds is 10. The van der Waals surface area contributed by atoms with Gasteiger partial charge in [0, 0.05) is 33.4 Å². The molecule has 166 valence electrons. The number of hydrogen-bond acceptors (Lipinski definition) is 6. The van der Waals surface area contributed by atoms with E-state index in [9.17, 15) is 8.42 Å². The van der Waals surface area contributed by atoms with Crippen LogP contribution in [0.1, 0.15) is 57.1 Å². The van der Waals surface area contributed by atoms with Crippen molar-refractivity contribution in [2.24, 2.45) is 5.92 Å². The highest BCUT2D eigenvalue weighted by molar-refractivity contribution is 7.91. The van der Waals surface area contributed by atoms with Crippen LogP contribution >= 0.6 is 0 Å². The van der Waals surface area contributed by atoms with Gasteiger partial charge < -0.3 is 14.0 Å². The van der Waals surface area contributed by atoms with Crippen molar-refractivity contribution in [3.63, 3.8) is 0 Å². The van der Waals surface area contributed by atoms with Gasteiger partial charge in [-0.25, -0.2) is 13.4 Å². The highest BCUT2D eigenvalue weighted by Gasteiger charge is 2.29. The molecular weight excluding hydrogens is 390 g/mol. The van der Waals surface area contributed by atoms with E-state index in [-0.39, 0.29) is 16.8 Å². The van der Waals surface area contributed by atoms with Crippen LogP contribution in [0.25, 0.3) is 0 Å². The van der Waals surface area contributed by atoms with Gasteiger partial charge in [0.2, 0.25) is 15.0 Å². The Morgan fingerprint density at radius 3 is 2.55 bits per heavy atom. The highest BCUT2D eigenvalue weighted by atomic mass is 32.2. The molecule has 1 aliphatic heterocycles. The molecule has 2 heterocycles. The third-order valence-electron chi connectivity index (χ3n) is 6.35. The van der Waals surface area contributed by atoms with Crippen molar-refractivity contribution in [2.45, 2.75) is 75.7 Å². The Kier molecular flexibility index (Phi) is 8.53. The Balaban J connectivity index is 1.79. The first-order chi connectivity index (χ1) is 14.0. The Morgan fingerprint density at radius 2 is 1.83 bits per heavy atom. The third kappa shape index (κ3) is 6.03. The predicted molar refractivity (Wildman–Crippen MR) is 113 cm³/mol. The zero-order valence-electron chi connectivity index (χ0n) is 18.0. The first-order valence-electron chi connectivity index (χ1n) is 11.0. The number of likely N-dealkylation sites (tertiary alicyclic amines) is 1. The molecule has 29 heavy (non-hydrogen) atoms. The van der Waals surface area contributed by atoms with Gasteiger partial charge in [0.15, 0.2) is 0 Å².